The zero-order chi connectivity index (χ0) is 18.2. The predicted molar refractivity (Wildman–Crippen MR) is 103 cm³/mol. The molecule has 1 amide bonds. The highest BCUT2D eigenvalue weighted by molar-refractivity contribution is 7.99. The number of carbonyl (C=O) groups excluding carboxylic acids is 1. The second kappa shape index (κ2) is 9.37. The van der Waals surface area contributed by atoms with Gasteiger partial charge >= 0.3 is 0 Å². The van der Waals surface area contributed by atoms with Gasteiger partial charge in [0.15, 0.2) is 11.5 Å². The maximum atomic E-state index is 12.6. The van der Waals surface area contributed by atoms with Crippen molar-refractivity contribution in [3.8, 4) is 11.5 Å². The van der Waals surface area contributed by atoms with E-state index in [0.717, 1.165) is 11.3 Å². The first-order chi connectivity index (χ1) is 12.0. The van der Waals surface area contributed by atoms with Crippen molar-refractivity contribution < 1.29 is 14.3 Å². The Morgan fingerprint density at radius 1 is 1.04 bits per heavy atom. The lowest BCUT2D eigenvalue weighted by atomic mass is 10.2. The number of hydrogen-bond donors (Lipinski definition) is 0. The van der Waals surface area contributed by atoms with Crippen molar-refractivity contribution >= 4 is 17.7 Å². The van der Waals surface area contributed by atoms with Crippen LogP contribution in [0.3, 0.4) is 0 Å². The molecule has 0 aliphatic heterocycles. The molecule has 4 nitrogen and oxygen atoms in total. The van der Waals surface area contributed by atoms with E-state index in [1.807, 2.05) is 50.4 Å². The van der Waals surface area contributed by atoms with Gasteiger partial charge < -0.3 is 14.4 Å². The molecule has 5 heteroatoms. The van der Waals surface area contributed by atoms with Crippen LogP contribution in [-0.4, -0.2) is 37.3 Å². The average Bonchev–Trinajstić information content (AvgIpc) is 2.66. The van der Waals surface area contributed by atoms with Crippen molar-refractivity contribution in [3.05, 3.63) is 59.7 Å². The molecule has 1 unspecified atom stereocenters. The van der Waals surface area contributed by atoms with E-state index in [4.69, 9.17) is 9.47 Å². The van der Waals surface area contributed by atoms with Crippen molar-refractivity contribution in [1.29, 1.82) is 0 Å². The highest BCUT2D eigenvalue weighted by Gasteiger charge is 2.18. The quantitative estimate of drug-likeness (QED) is 0.714. The molecule has 0 heterocycles. The van der Waals surface area contributed by atoms with Crippen LogP contribution in [0.15, 0.2) is 48.5 Å². The number of rotatable bonds is 8. The number of thioether (sulfide) groups is 1. The summed E-state index contributed by atoms with van der Waals surface area (Å²) >= 11 is 1.65. The molecule has 0 aliphatic rings. The first-order valence-corrected chi connectivity index (χ1v) is 9.21. The maximum Gasteiger partial charge on any atom is 0.235 e. The van der Waals surface area contributed by atoms with Gasteiger partial charge in [-0.1, -0.05) is 36.4 Å². The van der Waals surface area contributed by atoms with Gasteiger partial charge in [-0.15, -0.1) is 11.8 Å². The van der Waals surface area contributed by atoms with E-state index in [-0.39, 0.29) is 11.2 Å². The highest BCUT2D eigenvalue weighted by atomic mass is 32.2. The lowest BCUT2D eigenvalue weighted by molar-refractivity contribution is -0.129. The van der Waals surface area contributed by atoms with E-state index in [1.165, 1.54) is 5.56 Å². The Balaban J connectivity index is 1.93. The molecule has 2 rings (SSSR count). The van der Waals surface area contributed by atoms with Crippen LogP contribution in [0.4, 0.5) is 0 Å². The van der Waals surface area contributed by atoms with Crippen molar-refractivity contribution in [2.75, 3.05) is 21.3 Å². The molecule has 0 aromatic heterocycles. The molecule has 2 aromatic carbocycles. The minimum absolute atomic E-state index is 0.0923. The molecule has 0 N–H and O–H groups in total. The van der Waals surface area contributed by atoms with Crippen molar-refractivity contribution in [2.45, 2.75) is 24.5 Å². The third kappa shape index (κ3) is 5.43. The van der Waals surface area contributed by atoms with E-state index in [1.54, 1.807) is 30.9 Å². The molecule has 25 heavy (non-hydrogen) atoms. The summed E-state index contributed by atoms with van der Waals surface area (Å²) in [5, 5.41) is -0.0923. The fourth-order valence-corrected chi connectivity index (χ4v) is 3.47. The monoisotopic (exact) mass is 359 g/mol. The van der Waals surface area contributed by atoms with Crippen molar-refractivity contribution in [3.63, 3.8) is 0 Å². The van der Waals surface area contributed by atoms with E-state index in [9.17, 15) is 4.79 Å². The summed E-state index contributed by atoms with van der Waals surface area (Å²) in [6.07, 6.45) is 0. The summed E-state index contributed by atoms with van der Waals surface area (Å²) in [6, 6.07) is 15.9. The first kappa shape index (κ1) is 19.2. The molecule has 0 saturated heterocycles. The van der Waals surface area contributed by atoms with Crippen LogP contribution in [-0.2, 0) is 17.1 Å². The van der Waals surface area contributed by atoms with Crippen LogP contribution in [0.2, 0.25) is 0 Å². The number of carbonyl (C=O) groups is 1. The number of methoxy groups -OCH3 is 2. The fourth-order valence-electron chi connectivity index (χ4n) is 2.51. The van der Waals surface area contributed by atoms with Crippen molar-refractivity contribution in [2.24, 2.45) is 0 Å². The normalized spacial score (nSPS) is 11.7. The summed E-state index contributed by atoms with van der Waals surface area (Å²) in [5.41, 5.74) is 2.24. The van der Waals surface area contributed by atoms with Gasteiger partial charge in [-0.05, 0) is 30.2 Å². The summed E-state index contributed by atoms with van der Waals surface area (Å²) in [4.78, 5) is 14.3. The van der Waals surface area contributed by atoms with Crippen LogP contribution in [0, 0.1) is 0 Å². The van der Waals surface area contributed by atoms with E-state index in [0.29, 0.717) is 18.0 Å². The molecular formula is C20H25NO3S. The minimum atomic E-state index is -0.0923. The second-order valence-electron chi connectivity index (χ2n) is 5.82. The largest absolute Gasteiger partial charge is 0.493 e. The molecule has 134 valence electrons. The molecule has 1 atom stereocenters. The third-order valence-electron chi connectivity index (χ3n) is 3.93. The van der Waals surface area contributed by atoms with Gasteiger partial charge in [-0.25, -0.2) is 0 Å². The minimum Gasteiger partial charge on any atom is -0.493 e. The predicted octanol–water partition coefficient (Wildman–Crippen LogP) is 3.98. The third-order valence-corrected chi connectivity index (χ3v) is 5.14. The van der Waals surface area contributed by atoms with Gasteiger partial charge in [-0.3, -0.25) is 4.79 Å². The number of hydrogen-bond acceptors (Lipinski definition) is 4. The molecule has 0 saturated carbocycles. The summed E-state index contributed by atoms with van der Waals surface area (Å²) < 4.78 is 10.6. The zero-order valence-electron chi connectivity index (χ0n) is 15.2. The summed E-state index contributed by atoms with van der Waals surface area (Å²) in [7, 11) is 5.05. The van der Waals surface area contributed by atoms with E-state index < -0.39 is 0 Å². The molecule has 0 bridgehead atoms. The van der Waals surface area contributed by atoms with Crippen LogP contribution in [0.5, 0.6) is 11.5 Å². The van der Waals surface area contributed by atoms with E-state index in [2.05, 4.69) is 12.1 Å². The lowest BCUT2D eigenvalue weighted by Gasteiger charge is -2.22. The Hall–Kier alpha value is -2.14. The standard InChI is InChI=1S/C20H25NO3S/c1-15(25-14-16-8-6-5-7-9-16)20(22)21(2)13-17-10-11-18(23-3)19(12-17)24-4/h5-12,15H,13-14H2,1-4H3. The van der Waals surface area contributed by atoms with Gasteiger partial charge in [-0.2, -0.15) is 0 Å². The number of ether oxygens (including phenoxy) is 2. The van der Waals surface area contributed by atoms with Crippen LogP contribution < -0.4 is 9.47 Å². The Morgan fingerprint density at radius 3 is 2.36 bits per heavy atom. The van der Waals surface area contributed by atoms with Gasteiger partial charge in [0.25, 0.3) is 0 Å². The Morgan fingerprint density at radius 2 is 1.72 bits per heavy atom. The molecular weight excluding hydrogens is 334 g/mol. The number of amides is 1. The van der Waals surface area contributed by atoms with Crippen LogP contribution in [0.1, 0.15) is 18.1 Å². The molecule has 0 fully saturated rings. The second-order valence-corrected chi connectivity index (χ2v) is 7.15. The van der Waals surface area contributed by atoms with E-state index >= 15 is 0 Å². The fraction of sp³-hybridized carbons (Fsp3) is 0.350. The van der Waals surface area contributed by atoms with Gasteiger partial charge in [0, 0.05) is 19.3 Å². The summed E-state index contributed by atoms with van der Waals surface area (Å²) in [6.45, 7) is 2.50. The number of benzene rings is 2. The highest BCUT2D eigenvalue weighted by Crippen LogP contribution is 2.28. The Kier molecular flexibility index (Phi) is 7.19. The molecule has 0 radical (unpaired) electrons. The molecule has 0 aliphatic carbocycles. The van der Waals surface area contributed by atoms with Gasteiger partial charge in [0.05, 0.1) is 19.5 Å². The molecule has 2 aromatic rings. The Bertz CT molecular complexity index is 691. The lowest BCUT2D eigenvalue weighted by Crippen LogP contribution is -2.32. The SMILES string of the molecule is COc1ccc(CN(C)C(=O)C(C)SCc2ccccc2)cc1OC. The van der Waals surface area contributed by atoms with Gasteiger partial charge in [0.1, 0.15) is 0 Å². The zero-order valence-corrected chi connectivity index (χ0v) is 16.0. The Labute approximate surface area is 154 Å². The average molecular weight is 359 g/mol. The smallest absolute Gasteiger partial charge is 0.235 e. The van der Waals surface area contributed by atoms with Crippen LogP contribution >= 0.6 is 11.8 Å². The first-order valence-electron chi connectivity index (χ1n) is 8.16. The van der Waals surface area contributed by atoms with Crippen LogP contribution in [0.25, 0.3) is 0 Å². The van der Waals surface area contributed by atoms with Crippen molar-refractivity contribution in [1.82, 2.24) is 4.90 Å². The van der Waals surface area contributed by atoms with Gasteiger partial charge in [0.2, 0.25) is 5.91 Å². The summed E-state index contributed by atoms with van der Waals surface area (Å²) in [5.74, 6) is 2.31. The topological polar surface area (TPSA) is 38.8 Å². The number of nitrogens with zero attached hydrogens (tertiary/aromatic N) is 1. The maximum absolute atomic E-state index is 12.6. The molecule has 0 spiro atoms.